The number of amides is 1. The van der Waals surface area contributed by atoms with Gasteiger partial charge in [-0.1, -0.05) is 11.6 Å². The Hall–Kier alpha value is -1.27. The van der Waals surface area contributed by atoms with Gasteiger partial charge in [-0.25, -0.2) is 4.79 Å². The lowest BCUT2D eigenvalue weighted by Crippen LogP contribution is -2.38. The minimum absolute atomic E-state index is 0.214. The number of aromatic nitrogens is 2. The summed E-state index contributed by atoms with van der Waals surface area (Å²) in [7, 11) is 1.74. The lowest BCUT2D eigenvalue weighted by molar-refractivity contribution is 0.0505. The highest BCUT2D eigenvalue weighted by atomic mass is 35.5. The summed E-state index contributed by atoms with van der Waals surface area (Å²) in [5.74, 6) is 0. The maximum absolute atomic E-state index is 11.8. The number of nitrogens with two attached hydrogens (primary N) is 1. The van der Waals surface area contributed by atoms with Gasteiger partial charge in [0.2, 0.25) is 0 Å². The van der Waals surface area contributed by atoms with Crippen molar-refractivity contribution in [2.45, 2.75) is 39.3 Å². The van der Waals surface area contributed by atoms with Crippen molar-refractivity contribution < 1.29 is 9.53 Å². The van der Waals surface area contributed by atoms with Crippen LogP contribution in [0.5, 0.6) is 0 Å². The first-order chi connectivity index (χ1) is 8.65. The Kier molecular flexibility index (Phi) is 4.81. The Morgan fingerprint density at radius 2 is 2.16 bits per heavy atom. The van der Waals surface area contributed by atoms with Crippen molar-refractivity contribution in [3.05, 3.63) is 16.4 Å². The van der Waals surface area contributed by atoms with Crippen molar-refractivity contribution in [3.63, 3.8) is 0 Å². The molecule has 0 bridgehead atoms. The summed E-state index contributed by atoms with van der Waals surface area (Å²) in [5, 5.41) is 7.37. The molecule has 6 nitrogen and oxygen atoms in total. The van der Waals surface area contributed by atoms with Gasteiger partial charge in [0.05, 0.1) is 11.7 Å². The van der Waals surface area contributed by atoms with E-state index in [4.69, 9.17) is 22.1 Å². The fourth-order valence-corrected chi connectivity index (χ4v) is 2.05. The SMILES string of the molecule is Cc1nn(C)c(Cl)c1C(CN)NC(=O)OC(C)(C)C. The van der Waals surface area contributed by atoms with E-state index in [1.807, 2.05) is 6.92 Å². The number of alkyl carbamates (subject to hydrolysis) is 1. The number of nitrogens with zero attached hydrogens (tertiary/aromatic N) is 2. The third-order valence-corrected chi connectivity index (χ3v) is 2.92. The molecule has 0 fully saturated rings. The second-order valence-corrected chi connectivity index (χ2v) is 5.71. The van der Waals surface area contributed by atoms with E-state index < -0.39 is 17.7 Å². The van der Waals surface area contributed by atoms with Gasteiger partial charge in [0.25, 0.3) is 0 Å². The molecule has 1 aromatic heterocycles. The molecule has 1 atom stereocenters. The first-order valence-electron chi connectivity index (χ1n) is 6.04. The molecule has 0 aliphatic rings. The maximum Gasteiger partial charge on any atom is 0.408 e. The Morgan fingerprint density at radius 3 is 2.53 bits per heavy atom. The largest absolute Gasteiger partial charge is 0.444 e. The first kappa shape index (κ1) is 15.8. The van der Waals surface area contributed by atoms with E-state index in [9.17, 15) is 4.79 Å². The molecule has 19 heavy (non-hydrogen) atoms. The van der Waals surface area contributed by atoms with Crippen LogP contribution in [0.2, 0.25) is 5.15 Å². The van der Waals surface area contributed by atoms with Crippen LogP contribution >= 0.6 is 11.6 Å². The molecule has 1 amide bonds. The summed E-state index contributed by atoms with van der Waals surface area (Å²) in [6, 6.07) is -0.420. The van der Waals surface area contributed by atoms with Crippen molar-refractivity contribution in [1.82, 2.24) is 15.1 Å². The third-order valence-electron chi connectivity index (χ3n) is 2.47. The highest BCUT2D eigenvalue weighted by Crippen LogP contribution is 2.25. The van der Waals surface area contributed by atoms with Gasteiger partial charge in [0.15, 0.2) is 0 Å². The molecule has 0 aromatic carbocycles. The minimum Gasteiger partial charge on any atom is -0.444 e. The van der Waals surface area contributed by atoms with E-state index in [0.29, 0.717) is 5.15 Å². The zero-order chi connectivity index (χ0) is 14.8. The number of aryl methyl sites for hydroxylation is 2. The Morgan fingerprint density at radius 1 is 1.58 bits per heavy atom. The average Bonchev–Trinajstić information content (AvgIpc) is 2.48. The van der Waals surface area contributed by atoms with Gasteiger partial charge in [-0.3, -0.25) is 4.68 Å². The van der Waals surface area contributed by atoms with E-state index in [2.05, 4.69) is 10.4 Å². The van der Waals surface area contributed by atoms with Crippen LogP contribution in [-0.4, -0.2) is 28.0 Å². The highest BCUT2D eigenvalue weighted by molar-refractivity contribution is 6.30. The number of hydrogen-bond acceptors (Lipinski definition) is 4. The molecular formula is C12H21ClN4O2. The third kappa shape index (κ3) is 4.11. The zero-order valence-electron chi connectivity index (χ0n) is 12.0. The minimum atomic E-state index is -0.559. The monoisotopic (exact) mass is 288 g/mol. The molecule has 1 heterocycles. The van der Waals surface area contributed by atoms with Crippen molar-refractivity contribution in [3.8, 4) is 0 Å². The number of rotatable bonds is 3. The highest BCUT2D eigenvalue weighted by Gasteiger charge is 2.24. The first-order valence-corrected chi connectivity index (χ1v) is 6.42. The van der Waals surface area contributed by atoms with Gasteiger partial charge in [0.1, 0.15) is 10.8 Å². The van der Waals surface area contributed by atoms with Crippen LogP contribution in [-0.2, 0) is 11.8 Å². The number of carbonyl (C=O) groups is 1. The van der Waals surface area contributed by atoms with Crippen LogP contribution in [0.3, 0.4) is 0 Å². The smallest absolute Gasteiger partial charge is 0.408 e. The molecule has 108 valence electrons. The van der Waals surface area contributed by atoms with Crippen LogP contribution < -0.4 is 11.1 Å². The second kappa shape index (κ2) is 5.79. The molecule has 7 heteroatoms. The molecule has 0 aliphatic carbocycles. The van der Waals surface area contributed by atoms with Crippen LogP contribution in [0, 0.1) is 6.92 Å². The van der Waals surface area contributed by atoms with Crippen LogP contribution in [0.15, 0.2) is 0 Å². The normalized spacial score (nSPS) is 13.2. The van der Waals surface area contributed by atoms with E-state index in [-0.39, 0.29) is 6.54 Å². The van der Waals surface area contributed by atoms with Crippen molar-refractivity contribution in [2.75, 3.05) is 6.54 Å². The Bertz CT molecular complexity index is 465. The van der Waals surface area contributed by atoms with Crippen LogP contribution in [0.1, 0.15) is 38.1 Å². The zero-order valence-corrected chi connectivity index (χ0v) is 12.7. The topological polar surface area (TPSA) is 82.2 Å². The fraction of sp³-hybridized carbons (Fsp3) is 0.667. The Balaban J connectivity index is 2.87. The quantitative estimate of drug-likeness (QED) is 0.890. The molecule has 1 unspecified atom stereocenters. The number of halogens is 1. The number of carbonyl (C=O) groups excluding carboxylic acids is 1. The molecule has 0 radical (unpaired) electrons. The van der Waals surface area contributed by atoms with Gasteiger partial charge in [-0.15, -0.1) is 0 Å². The number of hydrogen-bond donors (Lipinski definition) is 2. The van der Waals surface area contributed by atoms with Crippen molar-refractivity contribution >= 4 is 17.7 Å². The average molecular weight is 289 g/mol. The van der Waals surface area contributed by atoms with Gasteiger partial charge < -0.3 is 15.8 Å². The molecule has 1 rings (SSSR count). The second-order valence-electron chi connectivity index (χ2n) is 5.35. The fourth-order valence-electron chi connectivity index (χ4n) is 1.74. The molecule has 0 aliphatic heterocycles. The molecular weight excluding hydrogens is 268 g/mol. The molecule has 1 aromatic rings. The Labute approximate surface area is 118 Å². The predicted molar refractivity (Wildman–Crippen MR) is 74.1 cm³/mol. The van der Waals surface area contributed by atoms with Crippen LogP contribution in [0.4, 0.5) is 4.79 Å². The van der Waals surface area contributed by atoms with Crippen molar-refractivity contribution in [2.24, 2.45) is 12.8 Å². The summed E-state index contributed by atoms with van der Waals surface area (Å²) in [6.07, 6.45) is -0.526. The summed E-state index contributed by atoms with van der Waals surface area (Å²) >= 11 is 6.16. The standard InChI is InChI=1S/C12H21ClN4O2/c1-7-9(10(13)17(5)16-7)8(6-14)15-11(18)19-12(2,3)4/h8H,6,14H2,1-5H3,(H,15,18). The summed E-state index contributed by atoms with van der Waals surface area (Å²) in [6.45, 7) is 7.43. The van der Waals surface area contributed by atoms with Crippen LogP contribution in [0.25, 0.3) is 0 Å². The summed E-state index contributed by atoms with van der Waals surface area (Å²) < 4.78 is 6.75. The van der Waals surface area contributed by atoms with Gasteiger partial charge >= 0.3 is 6.09 Å². The lowest BCUT2D eigenvalue weighted by Gasteiger charge is -2.23. The number of ether oxygens (including phenoxy) is 1. The molecule has 0 saturated carbocycles. The predicted octanol–water partition coefficient (Wildman–Crippen LogP) is 1.91. The number of nitrogens with one attached hydrogen (secondary N) is 1. The van der Waals surface area contributed by atoms with E-state index in [1.54, 1.807) is 32.5 Å². The molecule has 0 saturated heterocycles. The van der Waals surface area contributed by atoms with Crippen molar-refractivity contribution in [1.29, 1.82) is 0 Å². The van der Waals surface area contributed by atoms with Gasteiger partial charge in [-0.2, -0.15) is 5.10 Å². The summed E-state index contributed by atoms with van der Waals surface area (Å²) in [4.78, 5) is 11.8. The van der Waals surface area contributed by atoms with E-state index >= 15 is 0 Å². The van der Waals surface area contributed by atoms with Gasteiger partial charge in [0, 0.05) is 19.2 Å². The van der Waals surface area contributed by atoms with E-state index in [1.165, 1.54) is 0 Å². The lowest BCUT2D eigenvalue weighted by atomic mass is 10.1. The van der Waals surface area contributed by atoms with E-state index in [0.717, 1.165) is 11.3 Å². The molecule has 3 N–H and O–H groups in total. The van der Waals surface area contributed by atoms with Gasteiger partial charge in [-0.05, 0) is 27.7 Å². The summed E-state index contributed by atoms with van der Waals surface area (Å²) in [5.41, 5.74) is 6.59. The molecule has 0 spiro atoms. The maximum atomic E-state index is 11.8.